The highest BCUT2D eigenvalue weighted by Crippen LogP contribution is 2.36. The molecule has 1 N–H and O–H groups in total. The number of aryl methyl sites for hydroxylation is 1. The van der Waals surface area contributed by atoms with Crippen molar-refractivity contribution in [2.75, 3.05) is 5.75 Å². The van der Waals surface area contributed by atoms with Gasteiger partial charge in [-0.1, -0.05) is 18.7 Å². The van der Waals surface area contributed by atoms with E-state index in [2.05, 4.69) is 12.2 Å². The van der Waals surface area contributed by atoms with Crippen molar-refractivity contribution in [1.82, 2.24) is 14.9 Å². The van der Waals surface area contributed by atoms with Crippen molar-refractivity contribution < 1.29 is 4.79 Å². The molecule has 1 aliphatic rings. The lowest BCUT2D eigenvalue weighted by Crippen LogP contribution is -2.41. The molecule has 1 amide bonds. The Morgan fingerprint density at radius 1 is 1.42 bits per heavy atom. The molecule has 142 valence electrons. The zero-order valence-electron chi connectivity index (χ0n) is 16.1. The van der Waals surface area contributed by atoms with Crippen molar-refractivity contribution in [2.45, 2.75) is 71.1 Å². The Morgan fingerprint density at radius 2 is 2.15 bits per heavy atom. The van der Waals surface area contributed by atoms with Crippen molar-refractivity contribution in [3.05, 3.63) is 20.8 Å². The average Bonchev–Trinajstić information content (AvgIpc) is 2.88. The molecular formula is C19H27N3O2S2. The van der Waals surface area contributed by atoms with E-state index in [0.717, 1.165) is 29.5 Å². The molecule has 7 heteroatoms. The third kappa shape index (κ3) is 3.98. The summed E-state index contributed by atoms with van der Waals surface area (Å²) in [6.07, 6.45) is 3.14. The summed E-state index contributed by atoms with van der Waals surface area (Å²) < 4.78 is 1.71. The van der Waals surface area contributed by atoms with E-state index in [9.17, 15) is 9.59 Å². The minimum Gasteiger partial charge on any atom is -0.351 e. The summed E-state index contributed by atoms with van der Waals surface area (Å²) in [6.45, 7) is 10.7. The van der Waals surface area contributed by atoms with Crippen LogP contribution < -0.4 is 10.9 Å². The first-order valence-electron chi connectivity index (χ1n) is 9.18. The van der Waals surface area contributed by atoms with Gasteiger partial charge in [-0.3, -0.25) is 14.2 Å². The fourth-order valence-electron chi connectivity index (χ4n) is 3.38. The number of thioether (sulfide) groups is 1. The highest BCUT2D eigenvalue weighted by molar-refractivity contribution is 7.99. The third-order valence-corrected chi connectivity index (χ3v) is 6.67. The van der Waals surface area contributed by atoms with E-state index in [1.54, 1.807) is 15.9 Å². The van der Waals surface area contributed by atoms with Crippen LogP contribution in [-0.4, -0.2) is 26.8 Å². The van der Waals surface area contributed by atoms with Crippen LogP contribution in [0, 0.1) is 5.92 Å². The van der Waals surface area contributed by atoms with Crippen LogP contribution in [0.4, 0.5) is 0 Å². The number of carbonyl (C=O) groups excluding carboxylic acids is 1. The minimum atomic E-state index is -0.261. The van der Waals surface area contributed by atoms with Crippen LogP contribution in [0.2, 0.25) is 0 Å². The first kappa shape index (κ1) is 19.4. The summed E-state index contributed by atoms with van der Waals surface area (Å²) >= 11 is 3.00. The van der Waals surface area contributed by atoms with E-state index in [0.29, 0.717) is 17.6 Å². The van der Waals surface area contributed by atoms with E-state index in [-0.39, 0.29) is 22.8 Å². The predicted molar refractivity (Wildman–Crippen MR) is 109 cm³/mol. The van der Waals surface area contributed by atoms with Gasteiger partial charge in [0.05, 0.1) is 11.1 Å². The van der Waals surface area contributed by atoms with Crippen LogP contribution in [0.5, 0.6) is 0 Å². The van der Waals surface area contributed by atoms with Gasteiger partial charge in [0.15, 0.2) is 5.16 Å². The maximum atomic E-state index is 13.1. The van der Waals surface area contributed by atoms with Gasteiger partial charge in [0.2, 0.25) is 5.91 Å². The number of nitrogens with zero attached hydrogens (tertiary/aromatic N) is 2. The third-order valence-electron chi connectivity index (χ3n) is 4.54. The van der Waals surface area contributed by atoms with E-state index in [4.69, 9.17) is 4.98 Å². The van der Waals surface area contributed by atoms with Crippen LogP contribution in [0.1, 0.15) is 51.5 Å². The molecular weight excluding hydrogens is 366 g/mol. The van der Waals surface area contributed by atoms with E-state index < -0.39 is 0 Å². The molecule has 5 nitrogen and oxygen atoms in total. The van der Waals surface area contributed by atoms with Crippen molar-refractivity contribution >= 4 is 39.2 Å². The fourth-order valence-corrected chi connectivity index (χ4v) is 5.67. The van der Waals surface area contributed by atoms with E-state index in [1.165, 1.54) is 22.2 Å². The van der Waals surface area contributed by atoms with Gasteiger partial charge in [0, 0.05) is 17.0 Å². The van der Waals surface area contributed by atoms with E-state index in [1.807, 2.05) is 27.7 Å². The van der Waals surface area contributed by atoms with Gasteiger partial charge in [-0.15, -0.1) is 11.3 Å². The van der Waals surface area contributed by atoms with Crippen molar-refractivity contribution in [2.24, 2.45) is 5.92 Å². The Balaban J connectivity index is 1.94. The van der Waals surface area contributed by atoms with Gasteiger partial charge >= 0.3 is 0 Å². The molecule has 26 heavy (non-hydrogen) atoms. The molecule has 0 radical (unpaired) electrons. The average molecular weight is 394 g/mol. The molecule has 0 aromatic carbocycles. The molecule has 1 aliphatic carbocycles. The molecule has 2 aromatic heterocycles. The highest BCUT2D eigenvalue weighted by atomic mass is 32.2. The largest absolute Gasteiger partial charge is 0.351 e. The normalized spacial score (nSPS) is 17.3. The Labute approximate surface area is 162 Å². The lowest BCUT2D eigenvalue weighted by atomic mass is 9.89. The maximum absolute atomic E-state index is 13.1. The molecule has 0 saturated heterocycles. The lowest BCUT2D eigenvalue weighted by Gasteiger charge is -2.20. The zero-order valence-corrected chi connectivity index (χ0v) is 17.8. The van der Waals surface area contributed by atoms with Crippen LogP contribution >= 0.6 is 23.1 Å². The zero-order chi connectivity index (χ0) is 19.1. The first-order chi connectivity index (χ1) is 12.2. The summed E-state index contributed by atoms with van der Waals surface area (Å²) in [5.74, 6) is 0.884. The highest BCUT2D eigenvalue weighted by Gasteiger charge is 2.24. The van der Waals surface area contributed by atoms with Crippen LogP contribution in [0.25, 0.3) is 10.2 Å². The van der Waals surface area contributed by atoms with Crippen LogP contribution in [0.3, 0.4) is 0 Å². The number of rotatable bonds is 4. The minimum absolute atomic E-state index is 0.0428. The number of thiophene rings is 1. The quantitative estimate of drug-likeness (QED) is 0.637. The number of hydrogen-bond donors (Lipinski definition) is 1. The van der Waals surface area contributed by atoms with Crippen LogP contribution in [-0.2, 0) is 24.2 Å². The molecule has 2 aromatic rings. The molecule has 0 unspecified atom stereocenters. The second kappa shape index (κ2) is 7.35. The Morgan fingerprint density at radius 3 is 2.81 bits per heavy atom. The molecule has 1 atom stereocenters. The van der Waals surface area contributed by atoms with Gasteiger partial charge in [0.25, 0.3) is 5.56 Å². The molecule has 0 bridgehead atoms. The summed E-state index contributed by atoms with van der Waals surface area (Å²) in [7, 11) is 0. The number of hydrogen-bond acceptors (Lipinski definition) is 5. The number of carbonyl (C=O) groups is 1. The van der Waals surface area contributed by atoms with Gasteiger partial charge < -0.3 is 5.32 Å². The van der Waals surface area contributed by atoms with Gasteiger partial charge in [0.1, 0.15) is 4.83 Å². The van der Waals surface area contributed by atoms with Crippen LogP contribution in [0.15, 0.2) is 9.95 Å². The predicted octanol–water partition coefficient (Wildman–Crippen LogP) is 3.61. The second-order valence-electron chi connectivity index (χ2n) is 8.06. The molecule has 0 fully saturated rings. The van der Waals surface area contributed by atoms with Gasteiger partial charge in [-0.05, 0) is 58.4 Å². The Hall–Kier alpha value is -1.34. The second-order valence-corrected chi connectivity index (χ2v) is 10.1. The molecule has 0 saturated carbocycles. The molecule has 0 spiro atoms. The summed E-state index contributed by atoms with van der Waals surface area (Å²) in [5.41, 5.74) is 0.997. The van der Waals surface area contributed by atoms with Crippen molar-refractivity contribution in [3.63, 3.8) is 0 Å². The summed E-state index contributed by atoms with van der Waals surface area (Å²) in [4.78, 5) is 32.1. The first-order valence-corrected chi connectivity index (χ1v) is 11.0. The topological polar surface area (TPSA) is 64.0 Å². The standard InChI is InChI=1S/C19H27N3O2S2/c1-6-22-17(24)15-12-8-7-11(2)9-13(12)26-16(15)20-18(22)25-10-14(23)21-19(3,4)5/h11H,6-10H2,1-5H3,(H,21,23)/t11-/m0/s1. The molecule has 3 rings (SSSR count). The van der Waals surface area contributed by atoms with Gasteiger partial charge in [-0.25, -0.2) is 4.98 Å². The number of fused-ring (bicyclic) bond motifs is 3. The molecule has 0 aliphatic heterocycles. The number of nitrogens with one attached hydrogen (secondary N) is 1. The SMILES string of the molecule is CCn1c(SCC(=O)NC(C)(C)C)nc2sc3c(c2c1=O)CC[C@H](C)C3. The fraction of sp³-hybridized carbons (Fsp3) is 0.632. The lowest BCUT2D eigenvalue weighted by molar-refractivity contribution is -0.119. The van der Waals surface area contributed by atoms with Gasteiger partial charge in [-0.2, -0.15) is 0 Å². The molecule has 2 heterocycles. The smallest absolute Gasteiger partial charge is 0.263 e. The number of aromatic nitrogens is 2. The summed E-state index contributed by atoms with van der Waals surface area (Å²) in [5, 5.41) is 4.40. The monoisotopic (exact) mass is 393 g/mol. The summed E-state index contributed by atoms with van der Waals surface area (Å²) in [6, 6.07) is 0. The Kier molecular flexibility index (Phi) is 5.49. The maximum Gasteiger partial charge on any atom is 0.263 e. The number of amides is 1. The van der Waals surface area contributed by atoms with Crippen molar-refractivity contribution in [1.29, 1.82) is 0 Å². The van der Waals surface area contributed by atoms with E-state index >= 15 is 0 Å². The van der Waals surface area contributed by atoms with Crippen molar-refractivity contribution in [3.8, 4) is 0 Å². The Bertz CT molecular complexity index is 893.